The number of hydrogen-bond acceptors (Lipinski definition) is 6. The molecule has 8 nitrogen and oxygen atoms in total. The van der Waals surface area contributed by atoms with Crippen LogP contribution in [0.3, 0.4) is 0 Å². The predicted molar refractivity (Wildman–Crippen MR) is 129 cm³/mol. The summed E-state index contributed by atoms with van der Waals surface area (Å²) in [6.07, 6.45) is 3.12. The summed E-state index contributed by atoms with van der Waals surface area (Å²) in [5, 5.41) is 0. The second-order valence-corrected chi connectivity index (χ2v) is 7.99. The van der Waals surface area contributed by atoms with Gasteiger partial charge in [0.25, 0.3) is 5.56 Å². The SMILES string of the molecule is CCCCn1c(N)c(N(Cc2ccccc2)Cc2coc(-c3ccc(F)cc3)n2)c(=O)[nH]c1=O. The van der Waals surface area contributed by atoms with Crippen LogP contribution >= 0.6 is 0 Å². The minimum Gasteiger partial charge on any atom is -0.444 e. The molecule has 0 amide bonds. The van der Waals surface area contributed by atoms with E-state index in [1.807, 2.05) is 37.3 Å². The van der Waals surface area contributed by atoms with Crippen LogP contribution in [0.5, 0.6) is 0 Å². The van der Waals surface area contributed by atoms with Gasteiger partial charge < -0.3 is 15.1 Å². The van der Waals surface area contributed by atoms with Crippen molar-refractivity contribution in [3.8, 4) is 11.5 Å². The number of oxazole rings is 1. The molecule has 2 aromatic carbocycles. The molecule has 0 saturated carbocycles. The number of halogens is 1. The maximum atomic E-state index is 13.3. The number of nitrogens with one attached hydrogen (secondary N) is 1. The highest BCUT2D eigenvalue weighted by molar-refractivity contribution is 5.63. The van der Waals surface area contributed by atoms with Crippen molar-refractivity contribution in [3.63, 3.8) is 0 Å². The van der Waals surface area contributed by atoms with E-state index in [1.54, 1.807) is 17.0 Å². The summed E-state index contributed by atoms with van der Waals surface area (Å²) in [6, 6.07) is 15.4. The Morgan fingerprint density at radius 1 is 1.09 bits per heavy atom. The Kier molecular flexibility index (Phi) is 6.91. The summed E-state index contributed by atoms with van der Waals surface area (Å²) in [6.45, 7) is 2.99. The molecule has 0 unspecified atom stereocenters. The summed E-state index contributed by atoms with van der Waals surface area (Å²) in [4.78, 5) is 34.0. The lowest BCUT2D eigenvalue weighted by Gasteiger charge is -2.25. The van der Waals surface area contributed by atoms with Crippen molar-refractivity contribution in [1.29, 1.82) is 0 Å². The van der Waals surface area contributed by atoms with Crippen LogP contribution in [-0.2, 0) is 19.6 Å². The average molecular weight is 464 g/mol. The first-order valence-corrected chi connectivity index (χ1v) is 11.1. The van der Waals surface area contributed by atoms with Crippen LogP contribution in [0.1, 0.15) is 31.0 Å². The van der Waals surface area contributed by atoms with E-state index in [-0.39, 0.29) is 23.9 Å². The molecular formula is C25H26FN5O3. The number of benzene rings is 2. The smallest absolute Gasteiger partial charge is 0.330 e. The Morgan fingerprint density at radius 3 is 2.53 bits per heavy atom. The lowest BCUT2D eigenvalue weighted by molar-refractivity contribution is 0.571. The first-order valence-electron chi connectivity index (χ1n) is 11.1. The molecule has 0 aliphatic carbocycles. The van der Waals surface area contributed by atoms with E-state index >= 15 is 0 Å². The third-order valence-electron chi connectivity index (χ3n) is 5.48. The zero-order chi connectivity index (χ0) is 24.1. The van der Waals surface area contributed by atoms with Gasteiger partial charge in [-0.1, -0.05) is 43.7 Å². The molecule has 0 bridgehead atoms. The van der Waals surface area contributed by atoms with Crippen LogP contribution in [0.2, 0.25) is 0 Å². The van der Waals surface area contributed by atoms with Gasteiger partial charge >= 0.3 is 5.69 Å². The number of unbranched alkanes of at least 4 members (excludes halogenated alkanes) is 1. The highest BCUT2D eigenvalue weighted by Crippen LogP contribution is 2.24. The number of aromatic amines is 1. The van der Waals surface area contributed by atoms with E-state index in [1.165, 1.54) is 23.0 Å². The minimum absolute atomic E-state index is 0.111. The fraction of sp³-hybridized carbons (Fsp3) is 0.240. The lowest BCUT2D eigenvalue weighted by atomic mass is 10.2. The standard InChI is InChI=1S/C25H26FN5O3/c1-2-3-13-31-22(27)21(23(32)29-25(31)33)30(14-17-7-5-4-6-8-17)15-20-16-34-24(28-20)18-9-11-19(26)12-10-18/h4-12,16H,2-3,13-15,27H2,1H3,(H,29,32,33). The Hall–Kier alpha value is -4.14. The van der Waals surface area contributed by atoms with E-state index in [0.29, 0.717) is 30.2 Å². The van der Waals surface area contributed by atoms with Crippen molar-refractivity contribution in [2.45, 2.75) is 39.4 Å². The molecule has 9 heteroatoms. The highest BCUT2D eigenvalue weighted by Gasteiger charge is 2.21. The van der Waals surface area contributed by atoms with Crippen LogP contribution in [0.25, 0.3) is 11.5 Å². The Bertz CT molecular complexity index is 1360. The number of nitrogens with zero attached hydrogens (tertiary/aromatic N) is 3. The number of nitrogen functional groups attached to an aromatic ring is 1. The molecule has 2 heterocycles. The fourth-order valence-corrected chi connectivity index (χ4v) is 3.74. The third-order valence-corrected chi connectivity index (χ3v) is 5.48. The molecule has 176 valence electrons. The van der Waals surface area contributed by atoms with Gasteiger partial charge in [-0.25, -0.2) is 14.2 Å². The Morgan fingerprint density at radius 2 is 1.82 bits per heavy atom. The fourth-order valence-electron chi connectivity index (χ4n) is 3.74. The molecule has 0 aliphatic rings. The zero-order valence-electron chi connectivity index (χ0n) is 18.8. The van der Waals surface area contributed by atoms with Crippen LogP contribution in [0.15, 0.2) is 74.9 Å². The number of H-pyrrole nitrogens is 1. The average Bonchev–Trinajstić information content (AvgIpc) is 3.28. The number of anilines is 2. The van der Waals surface area contributed by atoms with Gasteiger partial charge in [-0.15, -0.1) is 0 Å². The van der Waals surface area contributed by atoms with Crippen molar-refractivity contribution in [3.05, 3.63) is 98.8 Å². The van der Waals surface area contributed by atoms with Crippen molar-refractivity contribution >= 4 is 11.5 Å². The monoisotopic (exact) mass is 463 g/mol. The van der Waals surface area contributed by atoms with Crippen LogP contribution in [0.4, 0.5) is 15.9 Å². The quantitative estimate of drug-likeness (QED) is 0.389. The molecule has 0 aliphatic heterocycles. The van der Waals surface area contributed by atoms with Crippen molar-refractivity contribution < 1.29 is 8.81 Å². The summed E-state index contributed by atoms with van der Waals surface area (Å²) >= 11 is 0. The van der Waals surface area contributed by atoms with Gasteiger partial charge in [0.15, 0.2) is 0 Å². The molecule has 0 radical (unpaired) electrons. The summed E-state index contributed by atoms with van der Waals surface area (Å²) in [7, 11) is 0. The highest BCUT2D eigenvalue weighted by atomic mass is 19.1. The van der Waals surface area contributed by atoms with Gasteiger partial charge in [0.05, 0.1) is 12.2 Å². The van der Waals surface area contributed by atoms with Crippen molar-refractivity contribution in [2.24, 2.45) is 0 Å². The normalized spacial score (nSPS) is 11.0. The molecule has 0 saturated heterocycles. The number of rotatable bonds is 9. The Labute approximate surface area is 195 Å². The van der Waals surface area contributed by atoms with Gasteiger partial charge in [-0.2, -0.15) is 0 Å². The van der Waals surface area contributed by atoms with E-state index < -0.39 is 11.2 Å². The maximum absolute atomic E-state index is 13.3. The molecule has 4 aromatic rings. The molecule has 3 N–H and O–H groups in total. The summed E-state index contributed by atoms with van der Waals surface area (Å²) in [5.41, 5.74) is 7.62. The van der Waals surface area contributed by atoms with Crippen molar-refractivity contribution in [1.82, 2.24) is 14.5 Å². The van der Waals surface area contributed by atoms with Gasteiger partial charge in [0.1, 0.15) is 23.6 Å². The summed E-state index contributed by atoms with van der Waals surface area (Å²) < 4.78 is 20.3. The predicted octanol–water partition coefficient (Wildman–Crippen LogP) is 3.92. The lowest BCUT2D eigenvalue weighted by Crippen LogP contribution is -2.38. The van der Waals surface area contributed by atoms with Crippen molar-refractivity contribution in [2.75, 3.05) is 10.6 Å². The van der Waals surface area contributed by atoms with Gasteiger partial charge in [-0.3, -0.25) is 14.3 Å². The largest absolute Gasteiger partial charge is 0.444 e. The molecular weight excluding hydrogens is 437 g/mol. The molecule has 0 spiro atoms. The van der Waals surface area contributed by atoms with Gasteiger partial charge in [-0.05, 0) is 36.2 Å². The maximum Gasteiger partial charge on any atom is 0.330 e. The van der Waals surface area contributed by atoms with Crippen LogP contribution in [-0.4, -0.2) is 14.5 Å². The zero-order valence-corrected chi connectivity index (χ0v) is 18.8. The van der Waals surface area contributed by atoms with Crippen LogP contribution < -0.4 is 21.9 Å². The molecule has 0 fully saturated rings. The summed E-state index contributed by atoms with van der Waals surface area (Å²) in [5.74, 6) is 0.0994. The van der Waals surface area contributed by atoms with E-state index in [2.05, 4.69) is 9.97 Å². The van der Waals surface area contributed by atoms with E-state index in [0.717, 1.165) is 18.4 Å². The molecule has 0 atom stereocenters. The first-order chi connectivity index (χ1) is 16.5. The van der Waals surface area contributed by atoms with Gasteiger partial charge in [0, 0.05) is 18.7 Å². The van der Waals surface area contributed by atoms with Gasteiger partial charge in [0.2, 0.25) is 5.89 Å². The number of hydrogen-bond donors (Lipinski definition) is 2. The van der Waals surface area contributed by atoms with Crippen LogP contribution in [0, 0.1) is 5.82 Å². The molecule has 34 heavy (non-hydrogen) atoms. The number of nitrogens with two attached hydrogens (primary N) is 1. The second kappa shape index (κ2) is 10.2. The molecule has 2 aromatic heterocycles. The minimum atomic E-state index is -0.562. The second-order valence-electron chi connectivity index (χ2n) is 7.99. The number of aromatic nitrogens is 3. The first kappa shape index (κ1) is 23.0. The van der Waals surface area contributed by atoms with E-state index in [9.17, 15) is 14.0 Å². The van der Waals surface area contributed by atoms with E-state index in [4.69, 9.17) is 10.2 Å². The topological polar surface area (TPSA) is 110 Å². The molecule has 4 rings (SSSR count). The Balaban J connectivity index is 1.72. The third kappa shape index (κ3) is 5.09.